The van der Waals surface area contributed by atoms with E-state index in [1.165, 1.54) is 12.5 Å². The van der Waals surface area contributed by atoms with Gasteiger partial charge in [-0.15, -0.1) is 0 Å². The van der Waals surface area contributed by atoms with Gasteiger partial charge in [0.15, 0.2) is 0 Å². The molecule has 1 unspecified atom stereocenters. The molecular formula is C24H20O3. The molecule has 0 aliphatic rings. The fourth-order valence-electron chi connectivity index (χ4n) is 3.71. The molecule has 0 aliphatic carbocycles. The zero-order valence-corrected chi connectivity index (χ0v) is 15.3. The predicted molar refractivity (Wildman–Crippen MR) is 108 cm³/mol. The van der Waals surface area contributed by atoms with Crippen LogP contribution in [0, 0.1) is 0 Å². The van der Waals surface area contributed by atoms with E-state index in [2.05, 4.69) is 30.3 Å². The van der Waals surface area contributed by atoms with E-state index in [9.17, 15) is 9.90 Å². The predicted octanol–water partition coefficient (Wildman–Crippen LogP) is 5.64. The maximum Gasteiger partial charge on any atom is 0.341 e. The van der Waals surface area contributed by atoms with Crippen molar-refractivity contribution in [1.29, 1.82) is 0 Å². The fraction of sp³-hybridized carbons (Fsp3) is 0.125. The monoisotopic (exact) mass is 356 g/mol. The molecule has 0 heterocycles. The Balaban J connectivity index is 1.95. The summed E-state index contributed by atoms with van der Waals surface area (Å²) in [6.45, 7) is 2.05. The van der Waals surface area contributed by atoms with Gasteiger partial charge in [0.25, 0.3) is 0 Å². The SMILES string of the molecule is COC(=O)c1cc2ccccc2c(C(C)c2ccc3ccccc3c2)c1O. The molecule has 4 aromatic carbocycles. The average Bonchev–Trinajstić information content (AvgIpc) is 2.72. The van der Waals surface area contributed by atoms with Crippen molar-refractivity contribution in [1.82, 2.24) is 0 Å². The molecule has 0 aliphatic heterocycles. The Kier molecular flexibility index (Phi) is 4.28. The molecule has 4 rings (SSSR count). The number of benzene rings is 4. The summed E-state index contributed by atoms with van der Waals surface area (Å²) in [6, 6.07) is 24.0. The van der Waals surface area contributed by atoms with E-state index >= 15 is 0 Å². The van der Waals surface area contributed by atoms with Crippen LogP contribution >= 0.6 is 0 Å². The molecule has 1 N–H and O–H groups in total. The molecular weight excluding hydrogens is 336 g/mol. The highest BCUT2D eigenvalue weighted by Crippen LogP contribution is 2.40. The summed E-state index contributed by atoms with van der Waals surface area (Å²) in [4.78, 5) is 12.2. The second-order valence-corrected chi connectivity index (χ2v) is 6.73. The molecule has 27 heavy (non-hydrogen) atoms. The molecule has 0 saturated heterocycles. The Morgan fingerprint density at radius 2 is 1.56 bits per heavy atom. The number of carbonyl (C=O) groups is 1. The summed E-state index contributed by atoms with van der Waals surface area (Å²) in [5.74, 6) is -0.643. The van der Waals surface area contributed by atoms with Crippen LogP contribution in [0.2, 0.25) is 0 Å². The first kappa shape index (κ1) is 17.1. The van der Waals surface area contributed by atoms with Crippen LogP contribution < -0.4 is 0 Å². The minimum Gasteiger partial charge on any atom is -0.507 e. The lowest BCUT2D eigenvalue weighted by molar-refractivity contribution is 0.0597. The third-order valence-corrected chi connectivity index (χ3v) is 5.17. The quantitative estimate of drug-likeness (QED) is 0.483. The molecule has 3 nitrogen and oxygen atoms in total. The number of rotatable bonds is 3. The molecule has 0 fully saturated rings. The van der Waals surface area contributed by atoms with Crippen molar-refractivity contribution in [2.45, 2.75) is 12.8 Å². The van der Waals surface area contributed by atoms with Crippen molar-refractivity contribution >= 4 is 27.5 Å². The first-order chi connectivity index (χ1) is 13.1. The van der Waals surface area contributed by atoms with E-state index in [1.54, 1.807) is 6.07 Å². The second kappa shape index (κ2) is 6.76. The first-order valence-electron chi connectivity index (χ1n) is 8.91. The van der Waals surface area contributed by atoms with E-state index in [4.69, 9.17) is 4.74 Å². The first-order valence-corrected chi connectivity index (χ1v) is 8.91. The van der Waals surface area contributed by atoms with Crippen LogP contribution in [-0.2, 0) is 4.74 Å². The molecule has 0 amide bonds. The lowest BCUT2D eigenvalue weighted by Crippen LogP contribution is -2.06. The zero-order chi connectivity index (χ0) is 19.0. The van der Waals surface area contributed by atoms with Crippen LogP contribution in [0.15, 0.2) is 72.8 Å². The number of phenolic OH excluding ortho intramolecular Hbond substituents is 1. The highest BCUT2D eigenvalue weighted by atomic mass is 16.5. The molecule has 0 aromatic heterocycles. The Morgan fingerprint density at radius 3 is 2.30 bits per heavy atom. The largest absolute Gasteiger partial charge is 0.507 e. The van der Waals surface area contributed by atoms with Gasteiger partial charge in [0.2, 0.25) is 0 Å². The van der Waals surface area contributed by atoms with Crippen molar-refractivity contribution in [2.24, 2.45) is 0 Å². The molecule has 0 spiro atoms. The topological polar surface area (TPSA) is 46.5 Å². The number of fused-ring (bicyclic) bond motifs is 2. The van der Waals surface area contributed by atoms with Crippen LogP contribution in [0.5, 0.6) is 5.75 Å². The Morgan fingerprint density at radius 1 is 0.889 bits per heavy atom. The van der Waals surface area contributed by atoms with Gasteiger partial charge in [0.05, 0.1) is 7.11 Å². The van der Waals surface area contributed by atoms with E-state index < -0.39 is 5.97 Å². The number of methoxy groups -OCH3 is 1. The second-order valence-electron chi connectivity index (χ2n) is 6.73. The van der Waals surface area contributed by atoms with Crippen LogP contribution in [0.25, 0.3) is 21.5 Å². The third-order valence-electron chi connectivity index (χ3n) is 5.17. The normalized spacial score (nSPS) is 12.2. The number of carbonyl (C=O) groups excluding carboxylic acids is 1. The summed E-state index contributed by atoms with van der Waals surface area (Å²) < 4.78 is 4.87. The Hall–Kier alpha value is -3.33. The summed E-state index contributed by atoms with van der Waals surface area (Å²) in [7, 11) is 1.32. The van der Waals surface area contributed by atoms with Crippen LogP contribution in [0.3, 0.4) is 0 Å². The van der Waals surface area contributed by atoms with Crippen LogP contribution in [-0.4, -0.2) is 18.2 Å². The van der Waals surface area contributed by atoms with Crippen molar-refractivity contribution in [3.05, 3.63) is 89.5 Å². The van der Waals surface area contributed by atoms with Gasteiger partial charge in [0, 0.05) is 11.5 Å². The number of aromatic hydroxyl groups is 1. The lowest BCUT2D eigenvalue weighted by atomic mass is 9.86. The molecule has 4 aromatic rings. The minimum absolute atomic E-state index is 0.0128. The molecule has 3 heteroatoms. The van der Waals surface area contributed by atoms with Gasteiger partial charge in [0.1, 0.15) is 11.3 Å². The number of esters is 1. The van der Waals surface area contributed by atoms with Crippen molar-refractivity contribution in [2.75, 3.05) is 7.11 Å². The lowest BCUT2D eigenvalue weighted by Gasteiger charge is -2.19. The van der Waals surface area contributed by atoms with Crippen molar-refractivity contribution < 1.29 is 14.6 Å². The van der Waals surface area contributed by atoms with E-state index in [-0.39, 0.29) is 17.2 Å². The van der Waals surface area contributed by atoms with Gasteiger partial charge in [-0.3, -0.25) is 0 Å². The molecule has 134 valence electrons. The summed E-state index contributed by atoms with van der Waals surface area (Å²) >= 11 is 0. The van der Waals surface area contributed by atoms with E-state index in [0.717, 1.165) is 27.3 Å². The van der Waals surface area contributed by atoms with Gasteiger partial charge >= 0.3 is 5.97 Å². The van der Waals surface area contributed by atoms with Gasteiger partial charge < -0.3 is 9.84 Å². The molecule has 0 radical (unpaired) electrons. The fourth-order valence-corrected chi connectivity index (χ4v) is 3.71. The summed E-state index contributed by atoms with van der Waals surface area (Å²) in [5, 5.41) is 15.1. The number of phenols is 1. The summed E-state index contributed by atoms with van der Waals surface area (Å²) in [6.07, 6.45) is 0. The Bertz CT molecular complexity index is 1160. The van der Waals surface area contributed by atoms with E-state index in [1.807, 2.05) is 43.3 Å². The van der Waals surface area contributed by atoms with Gasteiger partial charge in [-0.05, 0) is 33.2 Å². The average molecular weight is 356 g/mol. The van der Waals surface area contributed by atoms with Gasteiger partial charge in [-0.25, -0.2) is 4.79 Å². The van der Waals surface area contributed by atoms with Crippen LogP contribution in [0.1, 0.15) is 34.3 Å². The Labute approximate surface area is 157 Å². The smallest absolute Gasteiger partial charge is 0.341 e. The van der Waals surface area contributed by atoms with E-state index in [0.29, 0.717) is 0 Å². The van der Waals surface area contributed by atoms with Crippen molar-refractivity contribution in [3.8, 4) is 5.75 Å². The minimum atomic E-state index is -0.537. The van der Waals surface area contributed by atoms with Crippen molar-refractivity contribution in [3.63, 3.8) is 0 Å². The number of hydrogen-bond donors (Lipinski definition) is 1. The summed E-state index contributed by atoms with van der Waals surface area (Å²) in [5.41, 5.74) is 2.01. The standard InChI is InChI=1S/C24H20O3/c1-15(17-12-11-16-7-3-4-8-18(16)13-17)22-20-10-6-5-9-19(20)14-21(23(22)25)24(26)27-2/h3-15,25H,1-2H3. The zero-order valence-electron chi connectivity index (χ0n) is 15.3. The van der Waals surface area contributed by atoms with Gasteiger partial charge in [-0.2, -0.15) is 0 Å². The highest BCUT2D eigenvalue weighted by Gasteiger charge is 2.23. The van der Waals surface area contributed by atoms with Crippen LogP contribution in [0.4, 0.5) is 0 Å². The maximum atomic E-state index is 12.2. The highest BCUT2D eigenvalue weighted by molar-refractivity contribution is 6.01. The molecule has 1 atom stereocenters. The third kappa shape index (κ3) is 2.91. The number of hydrogen-bond acceptors (Lipinski definition) is 3. The number of ether oxygens (including phenoxy) is 1. The molecule has 0 saturated carbocycles. The molecule has 0 bridgehead atoms. The van der Waals surface area contributed by atoms with Gasteiger partial charge in [-0.1, -0.05) is 73.7 Å². The maximum absolute atomic E-state index is 12.2.